The molecule has 0 spiro atoms. The molecule has 0 unspecified atom stereocenters. The second kappa shape index (κ2) is 7.15. The monoisotopic (exact) mass is 358 g/mol. The van der Waals surface area contributed by atoms with Crippen LogP contribution in [0.1, 0.15) is 23.1 Å². The van der Waals surface area contributed by atoms with Crippen LogP contribution >= 0.6 is 0 Å². The predicted molar refractivity (Wildman–Crippen MR) is 93.0 cm³/mol. The highest BCUT2D eigenvalue weighted by Crippen LogP contribution is 2.15. The second-order valence-corrected chi connectivity index (χ2v) is 6.77. The van der Waals surface area contributed by atoms with Gasteiger partial charge in [0, 0.05) is 19.6 Å². The lowest BCUT2D eigenvalue weighted by molar-refractivity contribution is -0.146. The number of aryl methyl sites for hydroxylation is 2. The molecular formula is C18H22N4O4. The summed E-state index contributed by atoms with van der Waals surface area (Å²) in [7, 11) is 0. The average molecular weight is 358 g/mol. The van der Waals surface area contributed by atoms with Gasteiger partial charge in [0.15, 0.2) is 0 Å². The lowest BCUT2D eigenvalue weighted by atomic mass is 10.1. The molecule has 2 saturated heterocycles. The fraction of sp³-hybridized carbons (Fsp3) is 0.444. The van der Waals surface area contributed by atoms with E-state index in [0.717, 1.165) is 5.56 Å². The van der Waals surface area contributed by atoms with Gasteiger partial charge in [-0.3, -0.25) is 19.7 Å². The molecule has 0 aliphatic carbocycles. The number of amides is 5. The number of hydrogen-bond acceptors (Lipinski definition) is 4. The first-order valence-electron chi connectivity index (χ1n) is 8.56. The van der Waals surface area contributed by atoms with Crippen molar-refractivity contribution in [3.05, 3.63) is 34.9 Å². The molecule has 1 aromatic rings. The molecular weight excluding hydrogens is 336 g/mol. The van der Waals surface area contributed by atoms with Crippen LogP contribution in [0.15, 0.2) is 18.2 Å². The lowest BCUT2D eigenvalue weighted by Gasteiger charge is -2.34. The third-order valence-electron chi connectivity index (χ3n) is 4.85. The minimum Gasteiger partial charge on any atom is -0.335 e. The Hall–Kier alpha value is -2.90. The van der Waals surface area contributed by atoms with Crippen LogP contribution < -0.4 is 10.6 Å². The van der Waals surface area contributed by atoms with E-state index in [1.54, 1.807) is 4.90 Å². The normalized spacial score (nSPS) is 20.2. The van der Waals surface area contributed by atoms with Crippen molar-refractivity contribution in [2.75, 3.05) is 19.6 Å². The Kier molecular flexibility index (Phi) is 4.92. The Morgan fingerprint density at radius 3 is 2.54 bits per heavy atom. The highest BCUT2D eigenvalue weighted by atomic mass is 16.2. The number of benzene rings is 1. The van der Waals surface area contributed by atoms with Crippen LogP contribution in [0.25, 0.3) is 0 Å². The van der Waals surface area contributed by atoms with Crippen LogP contribution in [-0.2, 0) is 20.9 Å². The zero-order valence-corrected chi connectivity index (χ0v) is 14.9. The molecule has 1 atom stereocenters. The fourth-order valence-corrected chi connectivity index (χ4v) is 3.12. The summed E-state index contributed by atoms with van der Waals surface area (Å²) in [5.74, 6) is -0.947. The van der Waals surface area contributed by atoms with Gasteiger partial charge in [-0.05, 0) is 30.5 Å². The van der Waals surface area contributed by atoms with Crippen molar-refractivity contribution >= 4 is 23.8 Å². The van der Waals surface area contributed by atoms with Crippen molar-refractivity contribution < 1.29 is 19.2 Å². The maximum Gasteiger partial charge on any atom is 0.322 e. The van der Waals surface area contributed by atoms with Gasteiger partial charge >= 0.3 is 6.03 Å². The summed E-state index contributed by atoms with van der Waals surface area (Å²) in [5.41, 5.74) is 3.45. The van der Waals surface area contributed by atoms with Gasteiger partial charge in [0.05, 0.1) is 13.0 Å². The third-order valence-corrected chi connectivity index (χ3v) is 4.85. The van der Waals surface area contributed by atoms with Gasteiger partial charge in [0.2, 0.25) is 11.8 Å². The van der Waals surface area contributed by atoms with E-state index in [2.05, 4.69) is 16.7 Å². The number of piperazine rings is 1. The maximum absolute atomic E-state index is 12.4. The number of nitrogens with one attached hydrogen (secondary N) is 2. The topological polar surface area (TPSA) is 98.8 Å². The summed E-state index contributed by atoms with van der Waals surface area (Å²) in [6.45, 7) is 5.45. The van der Waals surface area contributed by atoms with Gasteiger partial charge in [-0.2, -0.15) is 0 Å². The SMILES string of the molecule is Cc1ccc(CN2CCN(C(=O)C[C@@H]3NC(=O)NC3=O)CC2=O)cc1C. The molecule has 138 valence electrons. The van der Waals surface area contributed by atoms with Crippen molar-refractivity contribution in [3.63, 3.8) is 0 Å². The molecule has 26 heavy (non-hydrogen) atoms. The number of rotatable bonds is 4. The Bertz CT molecular complexity index is 776. The predicted octanol–water partition coefficient (Wildman–Crippen LogP) is 0.0723. The number of carbonyl (C=O) groups is 4. The van der Waals surface area contributed by atoms with E-state index < -0.39 is 18.0 Å². The first-order valence-corrected chi connectivity index (χ1v) is 8.56. The summed E-state index contributed by atoms with van der Waals surface area (Å²) in [6.07, 6.45) is -0.137. The molecule has 2 aliphatic heterocycles. The largest absolute Gasteiger partial charge is 0.335 e. The number of imide groups is 1. The number of hydrogen-bond donors (Lipinski definition) is 2. The van der Waals surface area contributed by atoms with E-state index in [0.29, 0.717) is 19.6 Å². The van der Waals surface area contributed by atoms with Crippen molar-refractivity contribution in [1.29, 1.82) is 0 Å². The molecule has 0 saturated carbocycles. The zero-order valence-electron chi connectivity index (χ0n) is 14.9. The standard InChI is InChI=1S/C18H22N4O4/c1-11-3-4-13(7-12(11)2)9-21-5-6-22(10-16(21)24)15(23)8-14-17(25)20-18(26)19-14/h3-4,7,14H,5-6,8-10H2,1-2H3,(H2,19,20,25,26)/t14-/m0/s1. The second-order valence-electron chi connectivity index (χ2n) is 6.77. The number of carbonyl (C=O) groups excluding carboxylic acids is 4. The smallest absolute Gasteiger partial charge is 0.322 e. The first-order chi connectivity index (χ1) is 12.3. The lowest BCUT2D eigenvalue weighted by Crippen LogP contribution is -2.52. The summed E-state index contributed by atoms with van der Waals surface area (Å²) >= 11 is 0. The van der Waals surface area contributed by atoms with Crippen LogP contribution in [-0.4, -0.2) is 59.2 Å². The fourth-order valence-electron chi connectivity index (χ4n) is 3.12. The van der Waals surface area contributed by atoms with Crippen LogP contribution in [0.3, 0.4) is 0 Å². The molecule has 8 heteroatoms. The van der Waals surface area contributed by atoms with E-state index in [9.17, 15) is 19.2 Å². The molecule has 8 nitrogen and oxygen atoms in total. The van der Waals surface area contributed by atoms with Gasteiger partial charge in [-0.1, -0.05) is 18.2 Å². The Morgan fingerprint density at radius 2 is 1.92 bits per heavy atom. The molecule has 1 aromatic carbocycles. The van der Waals surface area contributed by atoms with Gasteiger partial charge in [-0.25, -0.2) is 4.79 Å². The van der Waals surface area contributed by atoms with Crippen molar-refractivity contribution in [3.8, 4) is 0 Å². The molecule has 2 heterocycles. The highest BCUT2D eigenvalue weighted by molar-refractivity contribution is 6.05. The number of nitrogens with zero attached hydrogens (tertiary/aromatic N) is 2. The van der Waals surface area contributed by atoms with Crippen molar-refractivity contribution in [2.24, 2.45) is 0 Å². The minimum atomic E-state index is -0.862. The zero-order chi connectivity index (χ0) is 18.8. The molecule has 5 amide bonds. The van der Waals surface area contributed by atoms with E-state index in [-0.39, 0.29) is 24.8 Å². The molecule has 3 rings (SSSR count). The van der Waals surface area contributed by atoms with Crippen molar-refractivity contribution in [2.45, 2.75) is 32.9 Å². The van der Waals surface area contributed by atoms with Gasteiger partial charge in [-0.15, -0.1) is 0 Å². The van der Waals surface area contributed by atoms with Crippen LogP contribution in [0, 0.1) is 13.8 Å². The van der Waals surface area contributed by atoms with E-state index in [4.69, 9.17) is 0 Å². The molecule has 0 radical (unpaired) electrons. The summed E-state index contributed by atoms with van der Waals surface area (Å²) in [5, 5.41) is 4.49. The van der Waals surface area contributed by atoms with Crippen LogP contribution in [0.5, 0.6) is 0 Å². The van der Waals surface area contributed by atoms with E-state index in [1.807, 2.05) is 26.0 Å². The average Bonchev–Trinajstić information content (AvgIpc) is 2.90. The Morgan fingerprint density at radius 1 is 1.15 bits per heavy atom. The number of urea groups is 1. The van der Waals surface area contributed by atoms with E-state index in [1.165, 1.54) is 16.0 Å². The third kappa shape index (κ3) is 3.84. The summed E-state index contributed by atoms with van der Waals surface area (Å²) in [6, 6.07) is 4.66. The maximum atomic E-state index is 12.4. The highest BCUT2D eigenvalue weighted by Gasteiger charge is 2.34. The Balaban J connectivity index is 1.55. The quantitative estimate of drug-likeness (QED) is 0.744. The van der Waals surface area contributed by atoms with Gasteiger partial charge in [0.1, 0.15) is 6.04 Å². The van der Waals surface area contributed by atoms with Gasteiger partial charge < -0.3 is 15.1 Å². The van der Waals surface area contributed by atoms with Crippen LogP contribution in [0.2, 0.25) is 0 Å². The Labute approximate surface area is 151 Å². The molecule has 2 fully saturated rings. The molecule has 0 bridgehead atoms. The summed E-state index contributed by atoms with van der Waals surface area (Å²) < 4.78 is 0. The molecule has 2 N–H and O–H groups in total. The first kappa shape index (κ1) is 17.9. The van der Waals surface area contributed by atoms with Crippen LogP contribution in [0.4, 0.5) is 4.79 Å². The van der Waals surface area contributed by atoms with Crippen molar-refractivity contribution in [1.82, 2.24) is 20.4 Å². The van der Waals surface area contributed by atoms with Gasteiger partial charge in [0.25, 0.3) is 5.91 Å². The van der Waals surface area contributed by atoms with E-state index >= 15 is 0 Å². The molecule has 2 aliphatic rings. The summed E-state index contributed by atoms with van der Waals surface area (Å²) in [4.78, 5) is 50.5. The minimum absolute atomic E-state index is 0.00797. The molecule has 0 aromatic heterocycles.